The molecule has 1 amide bonds. The molecule has 5 heteroatoms. The third kappa shape index (κ3) is 3.37. The minimum absolute atomic E-state index is 0.0217. The van der Waals surface area contributed by atoms with Crippen molar-refractivity contribution in [2.75, 3.05) is 19.6 Å². The summed E-state index contributed by atoms with van der Waals surface area (Å²) in [6, 6.07) is 8.44. The van der Waals surface area contributed by atoms with Gasteiger partial charge in [0.05, 0.1) is 0 Å². The largest absolute Gasteiger partial charge is 0.337 e. The summed E-state index contributed by atoms with van der Waals surface area (Å²) >= 11 is 1.53. The molecule has 1 aromatic carbocycles. The van der Waals surface area contributed by atoms with Gasteiger partial charge >= 0.3 is 0 Å². The second kappa shape index (κ2) is 6.65. The van der Waals surface area contributed by atoms with Crippen LogP contribution in [0.5, 0.6) is 0 Å². The second-order valence-corrected chi connectivity index (χ2v) is 8.16. The fraction of sp³-hybridized carbons (Fsp3) is 0.474. The van der Waals surface area contributed by atoms with E-state index in [9.17, 15) is 4.79 Å². The molecule has 2 heterocycles. The molecule has 0 saturated carbocycles. The molecule has 2 aromatic rings. The lowest BCUT2D eigenvalue weighted by Gasteiger charge is -2.22. The van der Waals surface area contributed by atoms with Gasteiger partial charge in [0.25, 0.3) is 5.91 Å². The molecule has 1 fully saturated rings. The molecule has 128 valence electrons. The highest BCUT2D eigenvalue weighted by Crippen LogP contribution is 2.31. The fourth-order valence-electron chi connectivity index (χ4n) is 3.04. The molecule has 1 saturated heterocycles. The van der Waals surface area contributed by atoms with Gasteiger partial charge < -0.3 is 10.6 Å². The van der Waals surface area contributed by atoms with Crippen molar-refractivity contribution in [3.8, 4) is 10.6 Å². The molecule has 0 bridgehead atoms. The number of amides is 1. The van der Waals surface area contributed by atoms with Crippen molar-refractivity contribution in [3.63, 3.8) is 0 Å². The first-order valence-corrected chi connectivity index (χ1v) is 9.35. The summed E-state index contributed by atoms with van der Waals surface area (Å²) in [6.45, 7) is 8.60. The number of thiazole rings is 1. The number of nitrogens with zero attached hydrogens (tertiary/aromatic N) is 2. The minimum Gasteiger partial charge on any atom is -0.337 e. The summed E-state index contributed by atoms with van der Waals surface area (Å²) in [4.78, 5) is 19.1. The highest BCUT2D eigenvalue weighted by molar-refractivity contribution is 7.13. The van der Waals surface area contributed by atoms with E-state index in [0.717, 1.165) is 30.1 Å². The predicted octanol–water partition coefficient (Wildman–Crippen LogP) is 3.74. The Hall–Kier alpha value is -1.72. The maximum Gasteiger partial charge on any atom is 0.273 e. The quantitative estimate of drug-likeness (QED) is 0.920. The number of carbonyl (C=O) groups is 1. The van der Waals surface area contributed by atoms with Gasteiger partial charge in [0.15, 0.2) is 0 Å². The van der Waals surface area contributed by atoms with Crippen molar-refractivity contribution in [2.45, 2.75) is 33.1 Å². The van der Waals surface area contributed by atoms with E-state index < -0.39 is 0 Å². The molecular weight excluding hydrogens is 318 g/mol. The van der Waals surface area contributed by atoms with Gasteiger partial charge in [-0.3, -0.25) is 4.79 Å². The van der Waals surface area contributed by atoms with Crippen LogP contribution in [0.25, 0.3) is 10.6 Å². The van der Waals surface area contributed by atoms with Gasteiger partial charge in [0.2, 0.25) is 0 Å². The van der Waals surface area contributed by atoms with Crippen LogP contribution in [0.15, 0.2) is 29.6 Å². The Labute approximate surface area is 147 Å². The Bertz CT molecular complexity index is 722. The van der Waals surface area contributed by atoms with Crippen LogP contribution in [0.2, 0.25) is 0 Å². The van der Waals surface area contributed by atoms with Crippen LogP contribution in [0, 0.1) is 5.41 Å². The maximum absolute atomic E-state index is 12.7. The molecule has 3 rings (SSSR count). The molecule has 1 aromatic heterocycles. The zero-order chi connectivity index (χ0) is 17.3. The molecular formula is C19H25N3OS. The van der Waals surface area contributed by atoms with E-state index in [0.29, 0.717) is 18.2 Å². The van der Waals surface area contributed by atoms with Crippen LogP contribution >= 0.6 is 11.3 Å². The predicted molar refractivity (Wildman–Crippen MR) is 99.3 cm³/mol. The number of nitrogens with two attached hydrogens (primary N) is 1. The van der Waals surface area contributed by atoms with Gasteiger partial charge in [0.1, 0.15) is 10.7 Å². The molecule has 1 atom stereocenters. The number of benzene rings is 1. The van der Waals surface area contributed by atoms with Gasteiger partial charge in [-0.1, -0.05) is 45.0 Å². The van der Waals surface area contributed by atoms with Gasteiger partial charge in [-0.25, -0.2) is 4.98 Å². The summed E-state index contributed by atoms with van der Waals surface area (Å²) in [6.07, 6.45) is 0.961. The van der Waals surface area contributed by atoms with E-state index in [-0.39, 0.29) is 11.3 Å². The lowest BCUT2D eigenvalue weighted by Crippen LogP contribution is -2.34. The number of hydrogen-bond acceptors (Lipinski definition) is 4. The molecule has 1 aliphatic rings. The van der Waals surface area contributed by atoms with Crippen LogP contribution in [-0.2, 0) is 0 Å². The zero-order valence-electron chi connectivity index (χ0n) is 14.6. The summed E-state index contributed by atoms with van der Waals surface area (Å²) in [5, 5.41) is 2.76. The standard InChI is InChI=1S/C19H25N3OS/c1-13(2)14-4-6-15(7-5-14)17-21-16(10-24-17)18(23)22-9-8-19(3,11-20)12-22/h4-7,10,13H,8-9,11-12,20H2,1-3H3. The van der Waals surface area contributed by atoms with Gasteiger partial charge in [-0.05, 0) is 29.9 Å². The average Bonchev–Trinajstić information content (AvgIpc) is 3.22. The van der Waals surface area contributed by atoms with Crippen LogP contribution in [0.3, 0.4) is 0 Å². The Morgan fingerprint density at radius 1 is 1.38 bits per heavy atom. The van der Waals surface area contributed by atoms with Crippen LogP contribution in [0.4, 0.5) is 0 Å². The summed E-state index contributed by atoms with van der Waals surface area (Å²) < 4.78 is 0. The number of hydrogen-bond donors (Lipinski definition) is 1. The number of likely N-dealkylation sites (tertiary alicyclic amines) is 1. The Morgan fingerprint density at radius 3 is 2.67 bits per heavy atom. The molecule has 2 N–H and O–H groups in total. The summed E-state index contributed by atoms with van der Waals surface area (Å²) in [5.41, 5.74) is 8.80. The van der Waals surface area contributed by atoms with Crippen molar-refractivity contribution in [1.82, 2.24) is 9.88 Å². The lowest BCUT2D eigenvalue weighted by molar-refractivity contribution is 0.0772. The number of aromatic nitrogens is 1. The monoisotopic (exact) mass is 343 g/mol. The van der Waals surface area contributed by atoms with Crippen molar-refractivity contribution in [1.29, 1.82) is 0 Å². The third-order valence-corrected chi connectivity index (χ3v) is 5.78. The number of rotatable bonds is 4. The smallest absolute Gasteiger partial charge is 0.273 e. The van der Waals surface area contributed by atoms with Crippen molar-refractivity contribution in [2.24, 2.45) is 11.1 Å². The first-order chi connectivity index (χ1) is 11.4. The van der Waals surface area contributed by atoms with E-state index in [1.54, 1.807) is 0 Å². The molecule has 0 spiro atoms. The van der Waals surface area contributed by atoms with E-state index in [4.69, 9.17) is 5.73 Å². The van der Waals surface area contributed by atoms with Crippen LogP contribution < -0.4 is 5.73 Å². The zero-order valence-corrected chi connectivity index (χ0v) is 15.4. The lowest BCUT2D eigenvalue weighted by atomic mass is 9.90. The average molecular weight is 343 g/mol. The highest BCUT2D eigenvalue weighted by atomic mass is 32.1. The van der Waals surface area contributed by atoms with Gasteiger partial charge in [-0.2, -0.15) is 0 Å². The van der Waals surface area contributed by atoms with E-state index in [1.807, 2.05) is 10.3 Å². The highest BCUT2D eigenvalue weighted by Gasteiger charge is 2.35. The van der Waals surface area contributed by atoms with Gasteiger partial charge in [0, 0.05) is 24.0 Å². The molecule has 0 aliphatic carbocycles. The molecule has 1 aliphatic heterocycles. The van der Waals surface area contributed by atoms with Gasteiger partial charge in [-0.15, -0.1) is 11.3 Å². The first-order valence-electron chi connectivity index (χ1n) is 8.47. The fourth-order valence-corrected chi connectivity index (χ4v) is 3.84. The Kier molecular flexibility index (Phi) is 4.74. The molecule has 24 heavy (non-hydrogen) atoms. The summed E-state index contributed by atoms with van der Waals surface area (Å²) in [5.74, 6) is 0.535. The summed E-state index contributed by atoms with van der Waals surface area (Å²) in [7, 11) is 0. The number of carbonyl (C=O) groups excluding carboxylic acids is 1. The van der Waals surface area contributed by atoms with E-state index in [2.05, 4.69) is 50.0 Å². The first kappa shape index (κ1) is 17.1. The van der Waals surface area contributed by atoms with Crippen LogP contribution in [-0.4, -0.2) is 35.4 Å². The molecule has 0 radical (unpaired) electrons. The van der Waals surface area contributed by atoms with Crippen molar-refractivity contribution >= 4 is 17.2 Å². The normalized spacial score (nSPS) is 20.8. The van der Waals surface area contributed by atoms with Crippen molar-refractivity contribution in [3.05, 3.63) is 40.9 Å². The van der Waals surface area contributed by atoms with Crippen LogP contribution in [0.1, 0.15) is 49.2 Å². The van der Waals surface area contributed by atoms with E-state index >= 15 is 0 Å². The SMILES string of the molecule is CC(C)c1ccc(-c2nc(C(=O)N3CCC(C)(CN)C3)cs2)cc1. The van der Waals surface area contributed by atoms with Crippen molar-refractivity contribution < 1.29 is 4.79 Å². The second-order valence-electron chi connectivity index (χ2n) is 7.31. The molecule has 4 nitrogen and oxygen atoms in total. The maximum atomic E-state index is 12.7. The Balaban J connectivity index is 1.74. The topological polar surface area (TPSA) is 59.2 Å². The Morgan fingerprint density at radius 2 is 2.08 bits per heavy atom. The van der Waals surface area contributed by atoms with E-state index in [1.165, 1.54) is 16.9 Å². The molecule has 1 unspecified atom stereocenters. The third-order valence-electron chi connectivity index (χ3n) is 4.89. The minimum atomic E-state index is 0.0217.